The lowest BCUT2D eigenvalue weighted by atomic mass is 10.1. The second-order valence-electron chi connectivity index (χ2n) is 6.13. The summed E-state index contributed by atoms with van der Waals surface area (Å²) in [5, 5.41) is 6.67. The lowest BCUT2D eigenvalue weighted by Crippen LogP contribution is -2.22. The standard InChI is InChI=1S/C19H20Cl3N3O2/c1-25(2)19(27)8-5-12-3-6-13(7-4-12)23-11-18(26)24-17-10-15(21)14(20)9-16(17)22/h3-4,6-7,9-10,23H,5,8,11H2,1-2H3,(H,24,26). The van der Waals surface area contributed by atoms with Crippen LogP contribution in [0.1, 0.15) is 12.0 Å². The second kappa shape index (κ2) is 9.83. The number of aryl methyl sites for hydroxylation is 1. The number of carbonyl (C=O) groups excluding carboxylic acids is 2. The Labute approximate surface area is 173 Å². The Morgan fingerprint density at radius 3 is 2.22 bits per heavy atom. The van der Waals surface area contributed by atoms with E-state index >= 15 is 0 Å². The van der Waals surface area contributed by atoms with E-state index in [-0.39, 0.29) is 18.4 Å². The fourth-order valence-electron chi connectivity index (χ4n) is 2.26. The van der Waals surface area contributed by atoms with Gasteiger partial charge >= 0.3 is 0 Å². The molecular formula is C19H20Cl3N3O2. The van der Waals surface area contributed by atoms with Crippen LogP contribution in [0.25, 0.3) is 0 Å². The van der Waals surface area contributed by atoms with Crippen LogP contribution in [0, 0.1) is 0 Å². The van der Waals surface area contributed by atoms with Crippen molar-refractivity contribution in [3.63, 3.8) is 0 Å². The van der Waals surface area contributed by atoms with Gasteiger partial charge in [0, 0.05) is 26.2 Å². The molecule has 0 heterocycles. The summed E-state index contributed by atoms with van der Waals surface area (Å²) < 4.78 is 0. The molecule has 0 saturated carbocycles. The first-order chi connectivity index (χ1) is 12.8. The highest BCUT2D eigenvalue weighted by Gasteiger charge is 2.09. The van der Waals surface area contributed by atoms with Crippen molar-refractivity contribution >= 4 is 58.0 Å². The molecule has 2 rings (SSSR count). The molecule has 2 N–H and O–H groups in total. The summed E-state index contributed by atoms with van der Waals surface area (Å²) in [7, 11) is 3.48. The van der Waals surface area contributed by atoms with E-state index in [0.717, 1.165) is 11.3 Å². The molecule has 2 aromatic carbocycles. The Morgan fingerprint density at radius 2 is 1.59 bits per heavy atom. The van der Waals surface area contributed by atoms with Crippen molar-refractivity contribution in [3.8, 4) is 0 Å². The van der Waals surface area contributed by atoms with E-state index in [1.807, 2.05) is 24.3 Å². The monoisotopic (exact) mass is 427 g/mol. The molecule has 27 heavy (non-hydrogen) atoms. The quantitative estimate of drug-likeness (QED) is 0.627. The van der Waals surface area contributed by atoms with Crippen molar-refractivity contribution in [1.29, 1.82) is 0 Å². The number of nitrogens with one attached hydrogen (secondary N) is 2. The molecule has 0 saturated heterocycles. The zero-order chi connectivity index (χ0) is 20.0. The number of rotatable bonds is 7. The Kier molecular flexibility index (Phi) is 7.78. The minimum absolute atomic E-state index is 0.0645. The van der Waals surface area contributed by atoms with Crippen LogP contribution in [0.15, 0.2) is 36.4 Å². The topological polar surface area (TPSA) is 61.4 Å². The summed E-state index contributed by atoms with van der Waals surface area (Å²) in [6.45, 7) is 0.0645. The van der Waals surface area contributed by atoms with Crippen molar-refractivity contribution < 1.29 is 9.59 Å². The molecular weight excluding hydrogens is 409 g/mol. The molecule has 0 aromatic heterocycles. The zero-order valence-electron chi connectivity index (χ0n) is 15.0. The summed E-state index contributed by atoms with van der Waals surface area (Å²) in [5.74, 6) is -0.175. The average Bonchev–Trinajstić information content (AvgIpc) is 2.63. The molecule has 0 unspecified atom stereocenters. The Bertz CT molecular complexity index is 824. The molecule has 2 amide bonds. The average molecular weight is 429 g/mol. The van der Waals surface area contributed by atoms with Gasteiger partial charge in [0.2, 0.25) is 11.8 Å². The van der Waals surface area contributed by atoms with Gasteiger partial charge in [0.1, 0.15) is 0 Å². The van der Waals surface area contributed by atoms with Crippen molar-refractivity contribution in [1.82, 2.24) is 4.90 Å². The first-order valence-electron chi connectivity index (χ1n) is 8.23. The molecule has 0 radical (unpaired) electrons. The van der Waals surface area contributed by atoms with Gasteiger partial charge in [-0.2, -0.15) is 0 Å². The number of amides is 2. The number of halogens is 3. The molecule has 0 spiro atoms. The summed E-state index contributed by atoms with van der Waals surface area (Å²) in [5.41, 5.74) is 2.26. The van der Waals surface area contributed by atoms with E-state index < -0.39 is 0 Å². The van der Waals surface area contributed by atoms with E-state index in [9.17, 15) is 9.59 Å². The van der Waals surface area contributed by atoms with Gasteiger partial charge in [0.05, 0.1) is 27.3 Å². The molecule has 5 nitrogen and oxygen atoms in total. The molecule has 0 fully saturated rings. The molecule has 144 valence electrons. The van der Waals surface area contributed by atoms with Crippen molar-refractivity contribution in [2.24, 2.45) is 0 Å². The lowest BCUT2D eigenvalue weighted by molar-refractivity contribution is -0.128. The molecule has 0 bridgehead atoms. The van der Waals surface area contributed by atoms with E-state index in [1.165, 1.54) is 12.1 Å². The summed E-state index contributed by atoms with van der Waals surface area (Å²) in [4.78, 5) is 25.3. The third-order valence-corrected chi connectivity index (χ3v) is 4.85. The smallest absolute Gasteiger partial charge is 0.243 e. The fourth-order valence-corrected chi connectivity index (χ4v) is 2.85. The maximum absolute atomic E-state index is 12.1. The molecule has 2 aromatic rings. The first kappa shape index (κ1) is 21.4. The second-order valence-corrected chi connectivity index (χ2v) is 7.35. The largest absolute Gasteiger partial charge is 0.376 e. The Morgan fingerprint density at radius 1 is 0.963 bits per heavy atom. The highest BCUT2D eigenvalue weighted by atomic mass is 35.5. The number of nitrogens with zero attached hydrogens (tertiary/aromatic N) is 1. The predicted octanol–water partition coefficient (Wildman–Crippen LogP) is 4.72. The minimum atomic E-state index is -0.268. The molecule has 0 atom stereocenters. The summed E-state index contributed by atoms with van der Waals surface area (Å²) in [6, 6.07) is 10.6. The van der Waals surface area contributed by atoms with Gasteiger partial charge < -0.3 is 15.5 Å². The van der Waals surface area contributed by atoms with Gasteiger partial charge in [-0.1, -0.05) is 46.9 Å². The maximum Gasteiger partial charge on any atom is 0.243 e. The van der Waals surface area contributed by atoms with Crippen LogP contribution >= 0.6 is 34.8 Å². The SMILES string of the molecule is CN(C)C(=O)CCc1ccc(NCC(=O)Nc2cc(Cl)c(Cl)cc2Cl)cc1. The number of hydrogen-bond acceptors (Lipinski definition) is 3. The number of benzene rings is 2. The van der Waals surface area contributed by atoms with Crippen molar-refractivity contribution in [2.75, 3.05) is 31.3 Å². The van der Waals surface area contributed by atoms with Gasteiger partial charge in [0.25, 0.3) is 0 Å². The minimum Gasteiger partial charge on any atom is -0.376 e. The van der Waals surface area contributed by atoms with E-state index in [2.05, 4.69) is 10.6 Å². The number of carbonyl (C=O) groups is 2. The Balaban J connectivity index is 1.85. The molecule has 0 aliphatic rings. The summed E-state index contributed by atoms with van der Waals surface area (Å²) in [6.07, 6.45) is 1.14. The van der Waals surface area contributed by atoms with Crippen LogP contribution in [0.2, 0.25) is 15.1 Å². The molecule has 8 heteroatoms. The van der Waals surface area contributed by atoms with Gasteiger partial charge in [0.15, 0.2) is 0 Å². The summed E-state index contributed by atoms with van der Waals surface area (Å²) >= 11 is 17.9. The van der Waals surface area contributed by atoms with E-state index in [0.29, 0.717) is 33.6 Å². The predicted molar refractivity (Wildman–Crippen MR) is 112 cm³/mol. The number of anilines is 2. The zero-order valence-corrected chi connectivity index (χ0v) is 17.3. The van der Waals surface area contributed by atoms with Crippen LogP contribution in [0.5, 0.6) is 0 Å². The van der Waals surface area contributed by atoms with Gasteiger partial charge in [-0.3, -0.25) is 9.59 Å². The van der Waals surface area contributed by atoms with Crippen molar-refractivity contribution in [3.05, 3.63) is 57.0 Å². The number of hydrogen-bond donors (Lipinski definition) is 2. The molecule has 0 aliphatic heterocycles. The van der Waals surface area contributed by atoms with Crippen LogP contribution in [-0.2, 0) is 16.0 Å². The van der Waals surface area contributed by atoms with Crippen LogP contribution < -0.4 is 10.6 Å². The van der Waals surface area contributed by atoms with Gasteiger partial charge in [-0.05, 0) is 36.2 Å². The van der Waals surface area contributed by atoms with Crippen molar-refractivity contribution in [2.45, 2.75) is 12.8 Å². The van der Waals surface area contributed by atoms with E-state index in [4.69, 9.17) is 34.8 Å². The molecule has 0 aliphatic carbocycles. The third-order valence-electron chi connectivity index (χ3n) is 3.82. The lowest BCUT2D eigenvalue weighted by Gasteiger charge is -2.11. The highest BCUT2D eigenvalue weighted by Crippen LogP contribution is 2.32. The first-order valence-corrected chi connectivity index (χ1v) is 9.37. The van der Waals surface area contributed by atoms with Crippen LogP contribution in [-0.4, -0.2) is 37.4 Å². The maximum atomic E-state index is 12.1. The fraction of sp³-hybridized carbons (Fsp3) is 0.263. The van der Waals surface area contributed by atoms with Gasteiger partial charge in [-0.15, -0.1) is 0 Å². The highest BCUT2D eigenvalue weighted by molar-refractivity contribution is 6.44. The van der Waals surface area contributed by atoms with Gasteiger partial charge in [-0.25, -0.2) is 0 Å². The van der Waals surface area contributed by atoms with Crippen LogP contribution in [0.3, 0.4) is 0 Å². The van der Waals surface area contributed by atoms with E-state index in [1.54, 1.807) is 19.0 Å². The normalized spacial score (nSPS) is 10.4. The van der Waals surface area contributed by atoms with Crippen LogP contribution in [0.4, 0.5) is 11.4 Å². The Hall–Kier alpha value is -1.95. The third kappa shape index (κ3) is 6.61.